The van der Waals surface area contributed by atoms with Crippen LogP contribution in [0.4, 0.5) is 27.6 Å². The number of nitrogens with zero attached hydrogens (tertiary/aromatic N) is 1. The maximum Gasteiger partial charge on any atom is 0.343 e. The largest absolute Gasteiger partial charge is 0.506 e. The molecule has 0 saturated carbocycles. The smallest absolute Gasteiger partial charge is 0.343 e. The van der Waals surface area contributed by atoms with Crippen molar-refractivity contribution in [1.29, 1.82) is 0 Å². The summed E-state index contributed by atoms with van der Waals surface area (Å²) in [4.78, 5) is 15.7. The van der Waals surface area contributed by atoms with Crippen molar-refractivity contribution in [2.45, 2.75) is 13.8 Å². The maximum atomic E-state index is 14.1. The van der Waals surface area contributed by atoms with Gasteiger partial charge in [0.1, 0.15) is 23.0 Å². The van der Waals surface area contributed by atoms with E-state index in [9.17, 15) is 31.9 Å². The molecule has 2 aromatic carbocycles. The van der Waals surface area contributed by atoms with Crippen LogP contribution in [0.3, 0.4) is 0 Å². The van der Waals surface area contributed by atoms with E-state index in [2.05, 4.69) is 4.99 Å². The highest BCUT2D eigenvalue weighted by Gasteiger charge is 2.24. The number of ether oxygens (including phenoxy) is 1. The molecule has 1 N–H and O–H groups in total. The number of benzene rings is 2. The van der Waals surface area contributed by atoms with Crippen molar-refractivity contribution in [2.75, 3.05) is 6.61 Å². The van der Waals surface area contributed by atoms with E-state index in [-0.39, 0.29) is 12.7 Å². The minimum Gasteiger partial charge on any atom is -0.506 e. The zero-order valence-electron chi connectivity index (χ0n) is 14.7. The predicted molar refractivity (Wildman–Crippen MR) is 91.7 cm³/mol. The molecular formula is C19H14F5NO3. The Morgan fingerprint density at radius 1 is 1.11 bits per heavy atom. The Labute approximate surface area is 156 Å². The summed E-state index contributed by atoms with van der Waals surface area (Å²) in [7, 11) is 0. The molecule has 0 aliphatic rings. The summed E-state index contributed by atoms with van der Waals surface area (Å²) in [5.74, 6) is -8.42. The van der Waals surface area contributed by atoms with Crippen molar-refractivity contribution in [1.82, 2.24) is 0 Å². The summed E-state index contributed by atoms with van der Waals surface area (Å²) >= 11 is 0. The summed E-state index contributed by atoms with van der Waals surface area (Å²) in [6, 6.07) is 2.61. The molecule has 0 aromatic heterocycles. The number of esters is 1. The number of aliphatic hydroxyl groups is 1. The van der Waals surface area contributed by atoms with Gasteiger partial charge in [-0.3, -0.25) is 4.99 Å². The van der Waals surface area contributed by atoms with Crippen molar-refractivity contribution in [2.24, 2.45) is 4.99 Å². The van der Waals surface area contributed by atoms with E-state index in [1.807, 2.05) is 0 Å². The van der Waals surface area contributed by atoms with E-state index in [0.717, 1.165) is 19.1 Å². The predicted octanol–water partition coefficient (Wildman–Crippen LogP) is 4.93. The summed E-state index contributed by atoms with van der Waals surface area (Å²) in [6.45, 7) is 2.31. The van der Waals surface area contributed by atoms with Crippen LogP contribution in [0, 0.1) is 36.0 Å². The summed E-state index contributed by atoms with van der Waals surface area (Å²) < 4.78 is 72.6. The van der Waals surface area contributed by atoms with Gasteiger partial charge < -0.3 is 9.84 Å². The molecule has 0 amide bonds. The van der Waals surface area contributed by atoms with Crippen LogP contribution in [-0.2, 0) is 9.53 Å². The molecule has 0 bridgehead atoms. The first-order chi connectivity index (χ1) is 13.2. The summed E-state index contributed by atoms with van der Waals surface area (Å²) in [6.07, 6.45) is 0.657. The van der Waals surface area contributed by atoms with E-state index < -0.39 is 63.2 Å². The second kappa shape index (κ2) is 8.64. The molecule has 0 radical (unpaired) electrons. The standard InChI is InChI=1S/C19H14F5NO3/c1-3-28-19(27)11(8-25-15-5-4-10(20)6-12(15)21)18(26)16-9(2)17(24)14(23)7-13(16)22/h4-8,26H,3H2,1-2H3/b18-11-,25-8?. The number of carbonyl (C=O) groups is 1. The van der Waals surface area contributed by atoms with Crippen LogP contribution in [0.5, 0.6) is 0 Å². The Morgan fingerprint density at radius 3 is 2.39 bits per heavy atom. The lowest BCUT2D eigenvalue weighted by atomic mass is 10.0. The molecule has 2 rings (SSSR count). The number of aliphatic imine (C=N–C) groups is 1. The zero-order chi connectivity index (χ0) is 21.0. The molecule has 0 atom stereocenters. The Bertz CT molecular complexity index is 986. The monoisotopic (exact) mass is 399 g/mol. The van der Waals surface area contributed by atoms with Crippen LogP contribution < -0.4 is 0 Å². The van der Waals surface area contributed by atoms with E-state index >= 15 is 0 Å². The van der Waals surface area contributed by atoms with Gasteiger partial charge in [0.05, 0.1) is 17.9 Å². The van der Waals surface area contributed by atoms with Gasteiger partial charge in [0.25, 0.3) is 0 Å². The van der Waals surface area contributed by atoms with Gasteiger partial charge in [-0.2, -0.15) is 0 Å². The van der Waals surface area contributed by atoms with Crippen LogP contribution in [-0.4, -0.2) is 23.9 Å². The average molecular weight is 399 g/mol. The molecule has 148 valence electrons. The zero-order valence-corrected chi connectivity index (χ0v) is 14.7. The molecule has 9 heteroatoms. The Balaban J connectivity index is 2.64. The highest BCUT2D eigenvalue weighted by atomic mass is 19.2. The van der Waals surface area contributed by atoms with Crippen LogP contribution in [0.2, 0.25) is 0 Å². The average Bonchev–Trinajstić information content (AvgIpc) is 2.62. The lowest BCUT2D eigenvalue weighted by Gasteiger charge is -2.11. The SMILES string of the molecule is CCOC(=O)/C(C=Nc1ccc(F)cc1F)=C(\O)c1c(F)cc(F)c(F)c1C. The molecule has 0 aliphatic carbocycles. The molecule has 0 unspecified atom stereocenters. The number of hydrogen-bond donors (Lipinski definition) is 1. The van der Waals surface area contributed by atoms with E-state index in [1.165, 1.54) is 6.92 Å². The molecule has 0 fully saturated rings. The Morgan fingerprint density at radius 2 is 1.79 bits per heavy atom. The molecule has 0 aliphatic heterocycles. The lowest BCUT2D eigenvalue weighted by Crippen LogP contribution is -2.13. The fourth-order valence-corrected chi connectivity index (χ4v) is 2.28. The molecule has 0 saturated heterocycles. The Hall–Kier alpha value is -3.23. The highest BCUT2D eigenvalue weighted by Crippen LogP contribution is 2.27. The number of hydrogen-bond acceptors (Lipinski definition) is 4. The fourth-order valence-electron chi connectivity index (χ4n) is 2.28. The topological polar surface area (TPSA) is 58.9 Å². The molecule has 0 spiro atoms. The van der Waals surface area contributed by atoms with Gasteiger partial charge >= 0.3 is 5.97 Å². The summed E-state index contributed by atoms with van der Waals surface area (Å²) in [5.41, 5.74) is -2.51. The van der Waals surface area contributed by atoms with Gasteiger partial charge in [0.15, 0.2) is 17.5 Å². The normalized spacial score (nSPS) is 12.2. The quantitative estimate of drug-likeness (QED) is 0.194. The Kier molecular flexibility index (Phi) is 6.50. The van der Waals surface area contributed by atoms with Crippen molar-refractivity contribution >= 4 is 23.6 Å². The first kappa shape index (κ1) is 21.1. The van der Waals surface area contributed by atoms with Crippen molar-refractivity contribution in [3.8, 4) is 0 Å². The number of halogens is 5. The van der Waals surface area contributed by atoms with Crippen LogP contribution in [0.25, 0.3) is 5.76 Å². The third-order valence-electron chi connectivity index (χ3n) is 3.64. The molecular weight excluding hydrogens is 385 g/mol. The van der Waals surface area contributed by atoms with E-state index in [0.29, 0.717) is 12.3 Å². The summed E-state index contributed by atoms with van der Waals surface area (Å²) in [5, 5.41) is 10.4. The minimum atomic E-state index is -1.48. The number of rotatable bonds is 5. The van der Waals surface area contributed by atoms with Crippen LogP contribution in [0.1, 0.15) is 18.1 Å². The maximum absolute atomic E-state index is 14.1. The molecule has 0 heterocycles. The van der Waals surface area contributed by atoms with Crippen LogP contribution >= 0.6 is 0 Å². The van der Waals surface area contributed by atoms with Crippen molar-refractivity contribution in [3.05, 3.63) is 70.1 Å². The highest BCUT2D eigenvalue weighted by molar-refractivity contribution is 6.15. The number of aliphatic hydroxyl groups excluding tert-OH is 1. The lowest BCUT2D eigenvalue weighted by molar-refractivity contribution is -0.137. The van der Waals surface area contributed by atoms with Gasteiger partial charge in [0.2, 0.25) is 0 Å². The second-order valence-electron chi connectivity index (χ2n) is 5.49. The third kappa shape index (κ3) is 4.36. The molecule has 4 nitrogen and oxygen atoms in total. The first-order valence-corrected chi connectivity index (χ1v) is 7.91. The van der Waals surface area contributed by atoms with E-state index in [4.69, 9.17) is 4.74 Å². The van der Waals surface area contributed by atoms with Gasteiger partial charge in [0, 0.05) is 23.9 Å². The van der Waals surface area contributed by atoms with Gasteiger partial charge in [-0.15, -0.1) is 0 Å². The van der Waals surface area contributed by atoms with Gasteiger partial charge in [-0.05, 0) is 26.0 Å². The van der Waals surface area contributed by atoms with Crippen molar-refractivity contribution < 1.29 is 36.6 Å². The fraction of sp³-hybridized carbons (Fsp3) is 0.158. The third-order valence-corrected chi connectivity index (χ3v) is 3.64. The van der Waals surface area contributed by atoms with Crippen molar-refractivity contribution in [3.63, 3.8) is 0 Å². The van der Waals surface area contributed by atoms with Gasteiger partial charge in [-0.1, -0.05) is 0 Å². The minimum absolute atomic E-state index is 0.131. The second-order valence-corrected chi connectivity index (χ2v) is 5.49. The van der Waals surface area contributed by atoms with Crippen LogP contribution in [0.15, 0.2) is 34.8 Å². The van der Waals surface area contributed by atoms with Gasteiger partial charge in [-0.25, -0.2) is 26.7 Å². The molecule has 2 aromatic rings. The molecule has 28 heavy (non-hydrogen) atoms. The first-order valence-electron chi connectivity index (χ1n) is 7.91. The number of carbonyl (C=O) groups excluding carboxylic acids is 1. The van der Waals surface area contributed by atoms with E-state index in [1.54, 1.807) is 0 Å².